The standard InChI is InChI=1S/C11H15FN2S2/c12-9-4-2-1-3-8(9)11(14-13)10-7-15-5-6-16-10/h1-4,10-11,14H,5-7,13H2. The molecule has 1 saturated heterocycles. The van der Waals surface area contributed by atoms with E-state index < -0.39 is 0 Å². The maximum absolute atomic E-state index is 13.7. The normalized spacial score (nSPS) is 23.0. The lowest BCUT2D eigenvalue weighted by atomic mass is 10.0. The molecule has 1 aromatic rings. The van der Waals surface area contributed by atoms with Crippen LogP contribution in [0.5, 0.6) is 0 Å². The van der Waals surface area contributed by atoms with Crippen LogP contribution in [0.3, 0.4) is 0 Å². The molecule has 1 aliphatic rings. The van der Waals surface area contributed by atoms with Gasteiger partial charge in [0.1, 0.15) is 5.82 Å². The van der Waals surface area contributed by atoms with Crippen molar-refractivity contribution in [1.82, 2.24) is 5.43 Å². The Morgan fingerprint density at radius 1 is 1.38 bits per heavy atom. The summed E-state index contributed by atoms with van der Waals surface area (Å²) in [4.78, 5) is 0. The van der Waals surface area contributed by atoms with Crippen molar-refractivity contribution in [2.45, 2.75) is 11.3 Å². The second kappa shape index (κ2) is 5.91. The number of benzene rings is 1. The summed E-state index contributed by atoms with van der Waals surface area (Å²) in [7, 11) is 0. The summed E-state index contributed by atoms with van der Waals surface area (Å²) < 4.78 is 13.7. The van der Waals surface area contributed by atoms with Gasteiger partial charge in [0.05, 0.1) is 6.04 Å². The third kappa shape index (κ3) is 2.71. The third-order valence-corrected chi connectivity index (χ3v) is 5.50. The van der Waals surface area contributed by atoms with E-state index in [2.05, 4.69) is 5.43 Å². The number of nitrogens with one attached hydrogen (secondary N) is 1. The van der Waals surface area contributed by atoms with Crippen molar-refractivity contribution in [1.29, 1.82) is 0 Å². The fourth-order valence-electron chi connectivity index (χ4n) is 1.82. The van der Waals surface area contributed by atoms with E-state index >= 15 is 0 Å². The Kier molecular flexibility index (Phi) is 4.52. The molecule has 0 spiro atoms. The van der Waals surface area contributed by atoms with E-state index in [4.69, 9.17) is 5.84 Å². The van der Waals surface area contributed by atoms with E-state index in [-0.39, 0.29) is 11.9 Å². The number of halogens is 1. The highest BCUT2D eigenvalue weighted by atomic mass is 32.2. The average Bonchev–Trinajstić information content (AvgIpc) is 2.34. The van der Waals surface area contributed by atoms with Crippen molar-refractivity contribution in [3.63, 3.8) is 0 Å². The second-order valence-electron chi connectivity index (χ2n) is 3.65. The minimum Gasteiger partial charge on any atom is -0.271 e. The molecule has 0 radical (unpaired) electrons. The van der Waals surface area contributed by atoms with Gasteiger partial charge in [0.15, 0.2) is 0 Å². The molecule has 1 aliphatic heterocycles. The van der Waals surface area contributed by atoms with Gasteiger partial charge in [-0.25, -0.2) is 4.39 Å². The lowest BCUT2D eigenvalue weighted by Gasteiger charge is -2.29. The lowest BCUT2D eigenvalue weighted by molar-refractivity contribution is 0.511. The van der Waals surface area contributed by atoms with Crippen LogP contribution in [0, 0.1) is 5.82 Å². The van der Waals surface area contributed by atoms with Crippen LogP contribution in [0.2, 0.25) is 0 Å². The van der Waals surface area contributed by atoms with Gasteiger partial charge in [-0.2, -0.15) is 23.5 Å². The van der Waals surface area contributed by atoms with Gasteiger partial charge >= 0.3 is 0 Å². The Labute approximate surface area is 104 Å². The van der Waals surface area contributed by atoms with Gasteiger partial charge in [-0.05, 0) is 6.07 Å². The van der Waals surface area contributed by atoms with E-state index in [1.807, 2.05) is 29.6 Å². The van der Waals surface area contributed by atoms with Crippen LogP contribution in [0.1, 0.15) is 11.6 Å². The number of thioether (sulfide) groups is 2. The van der Waals surface area contributed by atoms with Crippen molar-refractivity contribution in [3.05, 3.63) is 35.6 Å². The highest BCUT2D eigenvalue weighted by Crippen LogP contribution is 2.33. The smallest absolute Gasteiger partial charge is 0.128 e. The van der Waals surface area contributed by atoms with Crippen molar-refractivity contribution in [2.24, 2.45) is 5.84 Å². The minimum absolute atomic E-state index is 0.0981. The molecule has 3 N–H and O–H groups in total. The monoisotopic (exact) mass is 258 g/mol. The fraction of sp³-hybridized carbons (Fsp3) is 0.455. The number of hydrogen-bond acceptors (Lipinski definition) is 4. The predicted octanol–water partition coefficient (Wildman–Crippen LogP) is 2.18. The van der Waals surface area contributed by atoms with Gasteiger partial charge in [0, 0.05) is 28.1 Å². The predicted molar refractivity (Wildman–Crippen MR) is 70.0 cm³/mol. The molecule has 5 heteroatoms. The first kappa shape index (κ1) is 12.2. The van der Waals surface area contributed by atoms with Gasteiger partial charge in [-0.15, -0.1) is 0 Å². The molecule has 2 rings (SSSR count). The molecule has 16 heavy (non-hydrogen) atoms. The Balaban J connectivity index is 2.18. The molecule has 0 aromatic heterocycles. The molecule has 1 heterocycles. The number of hydrogen-bond donors (Lipinski definition) is 2. The molecule has 1 aromatic carbocycles. The Bertz CT molecular complexity index is 343. The van der Waals surface area contributed by atoms with Crippen LogP contribution < -0.4 is 11.3 Å². The van der Waals surface area contributed by atoms with Gasteiger partial charge in [-0.1, -0.05) is 18.2 Å². The molecular formula is C11H15FN2S2. The zero-order valence-electron chi connectivity index (χ0n) is 8.86. The largest absolute Gasteiger partial charge is 0.271 e. The van der Waals surface area contributed by atoms with E-state index in [9.17, 15) is 4.39 Å². The van der Waals surface area contributed by atoms with E-state index in [0.29, 0.717) is 10.8 Å². The fourth-order valence-corrected chi connectivity index (χ4v) is 4.66. The summed E-state index contributed by atoms with van der Waals surface area (Å²) in [6.07, 6.45) is 0. The average molecular weight is 258 g/mol. The van der Waals surface area contributed by atoms with E-state index in [0.717, 1.165) is 11.5 Å². The first-order valence-electron chi connectivity index (χ1n) is 5.23. The van der Waals surface area contributed by atoms with Crippen LogP contribution in [-0.4, -0.2) is 22.5 Å². The maximum atomic E-state index is 13.7. The molecule has 2 atom stereocenters. The van der Waals surface area contributed by atoms with E-state index in [1.165, 1.54) is 11.8 Å². The van der Waals surface area contributed by atoms with Crippen molar-refractivity contribution in [3.8, 4) is 0 Å². The molecular weight excluding hydrogens is 243 g/mol. The second-order valence-corrected chi connectivity index (χ2v) is 6.15. The number of nitrogens with two attached hydrogens (primary N) is 1. The van der Waals surface area contributed by atoms with Gasteiger partial charge in [0.25, 0.3) is 0 Å². The van der Waals surface area contributed by atoms with Crippen molar-refractivity contribution >= 4 is 23.5 Å². The Hall–Kier alpha value is -0.230. The lowest BCUT2D eigenvalue weighted by Crippen LogP contribution is -2.38. The summed E-state index contributed by atoms with van der Waals surface area (Å²) in [5, 5.41) is 0.348. The molecule has 2 nitrogen and oxygen atoms in total. The Morgan fingerprint density at radius 2 is 2.19 bits per heavy atom. The summed E-state index contributed by atoms with van der Waals surface area (Å²) in [6.45, 7) is 0. The highest BCUT2D eigenvalue weighted by molar-refractivity contribution is 8.06. The first-order valence-corrected chi connectivity index (χ1v) is 7.43. The summed E-state index contributed by atoms with van der Waals surface area (Å²) in [5.74, 6) is 8.70. The molecule has 0 aliphatic carbocycles. The highest BCUT2D eigenvalue weighted by Gasteiger charge is 2.26. The quantitative estimate of drug-likeness (QED) is 0.644. The summed E-state index contributed by atoms with van der Waals surface area (Å²) in [5.41, 5.74) is 3.43. The van der Waals surface area contributed by atoms with Gasteiger partial charge in [0.2, 0.25) is 0 Å². The number of hydrazine groups is 1. The van der Waals surface area contributed by atoms with E-state index in [1.54, 1.807) is 12.1 Å². The van der Waals surface area contributed by atoms with Crippen LogP contribution in [-0.2, 0) is 0 Å². The zero-order chi connectivity index (χ0) is 11.4. The molecule has 2 unspecified atom stereocenters. The van der Waals surface area contributed by atoms with Crippen molar-refractivity contribution in [2.75, 3.05) is 17.3 Å². The third-order valence-electron chi connectivity index (χ3n) is 2.63. The molecule has 88 valence electrons. The zero-order valence-corrected chi connectivity index (χ0v) is 10.5. The molecule has 0 bridgehead atoms. The summed E-state index contributed by atoms with van der Waals surface area (Å²) in [6, 6.07) is 6.75. The van der Waals surface area contributed by atoms with Gasteiger partial charge in [-0.3, -0.25) is 11.3 Å². The summed E-state index contributed by atoms with van der Waals surface area (Å²) >= 11 is 3.78. The van der Waals surface area contributed by atoms with Crippen LogP contribution in [0.25, 0.3) is 0 Å². The SMILES string of the molecule is NNC(c1ccccc1F)C1CSCCS1. The topological polar surface area (TPSA) is 38.0 Å². The van der Waals surface area contributed by atoms with Gasteiger partial charge < -0.3 is 0 Å². The molecule has 0 amide bonds. The number of rotatable bonds is 3. The Morgan fingerprint density at radius 3 is 2.81 bits per heavy atom. The van der Waals surface area contributed by atoms with Crippen LogP contribution >= 0.6 is 23.5 Å². The van der Waals surface area contributed by atoms with Crippen LogP contribution in [0.4, 0.5) is 4.39 Å². The molecule has 1 fully saturated rings. The van der Waals surface area contributed by atoms with Crippen molar-refractivity contribution < 1.29 is 4.39 Å². The first-order chi connectivity index (χ1) is 7.83. The maximum Gasteiger partial charge on any atom is 0.128 e. The minimum atomic E-state index is -0.179. The molecule has 0 saturated carbocycles. The van der Waals surface area contributed by atoms with Crippen LogP contribution in [0.15, 0.2) is 24.3 Å².